The predicted molar refractivity (Wildman–Crippen MR) is 89.4 cm³/mol. The molecular formula is C15H21N5O8. The van der Waals surface area contributed by atoms with Crippen molar-refractivity contribution in [3.05, 3.63) is 12.7 Å². The lowest BCUT2D eigenvalue weighted by molar-refractivity contribution is -0.200. The fourth-order valence-electron chi connectivity index (χ4n) is 3.86. The first-order valence-electron chi connectivity index (χ1n) is 8.56. The molecule has 8 N–H and O–H groups in total. The summed E-state index contributed by atoms with van der Waals surface area (Å²) in [5.74, 6) is 0.0810. The molecule has 0 radical (unpaired) electrons. The number of nitrogens with zero attached hydrogens (tertiary/aromatic N) is 4. The van der Waals surface area contributed by atoms with Crippen LogP contribution in [0, 0.1) is 0 Å². The lowest BCUT2D eigenvalue weighted by Gasteiger charge is -2.37. The summed E-state index contributed by atoms with van der Waals surface area (Å²) in [4.78, 5) is 12.0. The van der Waals surface area contributed by atoms with Crippen molar-refractivity contribution in [2.75, 3.05) is 18.9 Å². The van der Waals surface area contributed by atoms with E-state index in [1.807, 2.05) is 0 Å². The highest BCUT2D eigenvalue weighted by Gasteiger charge is 2.66. The molecule has 4 heterocycles. The van der Waals surface area contributed by atoms with Crippen LogP contribution in [-0.4, -0.2) is 106 Å². The van der Waals surface area contributed by atoms with Crippen LogP contribution in [0.5, 0.6) is 0 Å². The molecule has 13 nitrogen and oxygen atoms in total. The second kappa shape index (κ2) is 6.82. The SMILES string of the molecule is Nc1ncnc2c1ncn2[C@@H]1O[C@H](CO)[C@@H](O)[C@]1(O)[C@@H]1O[C@H](CO)[C@@H](O)[C@H]1O. The number of aromatic nitrogens is 4. The minimum absolute atomic E-state index is 0.0810. The third-order valence-corrected chi connectivity index (χ3v) is 5.34. The van der Waals surface area contributed by atoms with Gasteiger partial charge in [0, 0.05) is 0 Å². The van der Waals surface area contributed by atoms with Crippen LogP contribution in [0.1, 0.15) is 6.23 Å². The number of nitrogen functional groups attached to an aromatic ring is 1. The first-order chi connectivity index (χ1) is 13.3. The van der Waals surface area contributed by atoms with Gasteiger partial charge < -0.3 is 45.8 Å². The summed E-state index contributed by atoms with van der Waals surface area (Å²) in [6.45, 7) is -1.26. The molecule has 2 saturated heterocycles. The van der Waals surface area contributed by atoms with Gasteiger partial charge >= 0.3 is 0 Å². The molecule has 0 spiro atoms. The number of imidazole rings is 1. The molecule has 0 bridgehead atoms. The Kier molecular flexibility index (Phi) is 4.71. The molecule has 154 valence electrons. The lowest BCUT2D eigenvalue weighted by Crippen LogP contribution is -2.59. The molecular weight excluding hydrogens is 378 g/mol. The van der Waals surface area contributed by atoms with Crippen molar-refractivity contribution in [2.24, 2.45) is 0 Å². The fourth-order valence-corrected chi connectivity index (χ4v) is 3.86. The zero-order valence-corrected chi connectivity index (χ0v) is 14.5. The van der Waals surface area contributed by atoms with Crippen LogP contribution in [-0.2, 0) is 9.47 Å². The summed E-state index contributed by atoms with van der Waals surface area (Å²) in [6.07, 6.45) is -7.79. The highest BCUT2D eigenvalue weighted by Crippen LogP contribution is 2.46. The Bertz CT molecular complexity index is 866. The summed E-state index contributed by atoms with van der Waals surface area (Å²) < 4.78 is 12.3. The molecule has 2 aliphatic rings. The monoisotopic (exact) mass is 399 g/mol. The van der Waals surface area contributed by atoms with Crippen LogP contribution >= 0.6 is 0 Å². The maximum Gasteiger partial charge on any atom is 0.171 e. The quantitative estimate of drug-likeness (QED) is 0.261. The minimum atomic E-state index is -2.33. The Labute approximate surface area is 157 Å². The molecule has 2 fully saturated rings. The topological polar surface area (TPSA) is 209 Å². The molecule has 2 aromatic rings. The summed E-state index contributed by atoms with van der Waals surface area (Å²) in [7, 11) is 0. The van der Waals surface area contributed by atoms with Gasteiger partial charge in [-0.1, -0.05) is 0 Å². The highest BCUT2D eigenvalue weighted by molar-refractivity contribution is 5.81. The number of hydrogen-bond acceptors (Lipinski definition) is 12. The highest BCUT2D eigenvalue weighted by atomic mass is 16.6. The molecule has 0 aromatic carbocycles. The van der Waals surface area contributed by atoms with Crippen LogP contribution < -0.4 is 5.73 Å². The average molecular weight is 399 g/mol. The molecule has 2 aromatic heterocycles. The third kappa shape index (κ3) is 2.53. The Morgan fingerprint density at radius 2 is 1.75 bits per heavy atom. The first-order valence-corrected chi connectivity index (χ1v) is 8.56. The van der Waals surface area contributed by atoms with Crippen molar-refractivity contribution >= 4 is 17.0 Å². The normalized spacial score (nSPS) is 41.1. The Morgan fingerprint density at radius 3 is 2.39 bits per heavy atom. The van der Waals surface area contributed by atoms with Crippen molar-refractivity contribution in [3.63, 3.8) is 0 Å². The van der Waals surface area contributed by atoms with E-state index >= 15 is 0 Å². The van der Waals surface area contributed by atoms with E-state index in [9.17, 15) is 30.6 Å². The summed E-state index contributed by atoms with van der Waals surface area (Å²) in [6, 6.07) is 0. The maximum absolute atomic E-state index is 11.4. The van der Waals surface area contributed by atoms with Gasteiger partial charge in [-0.05, 0) is 0 Å². The molecule has 13 heteroatoms. The van der Waals surface area contributed by atoms with Crippen LogP contribution in [0.3, 0.4) is 0 Å². The Hall–Kier alpha value is -1.97. The van der Waals surface area contributed by atoms with Crippen molar-refractivity contribution in [3.8, 4) is 0 Å². The van der Waals surface area contributed by atoms with Gasteiger partial charge in [0.1, 0.15) is 48.5 Å². The standard InChI is InChI=1S/C15H21N5O8/c16-12-7-13(18-3-17-12)20(4-19-7)14-15(26,10(25)6(2-22)28-14)11-9(24)8(23)5(1-21)27-11/h3-6,8-11,14,21-26H,1-2H2,(H2,16,17,18)/t5-,6-,8-,9-,10-,11-,14-,15+/m1/s1. The number of ether oxygens (including phenoxy) is 2. The van der Waals surface area contributed by atoms with Crippen LogP contribution in [0.15, 0.2) is 12.7 Å². The molecule has 8 atom stereocenters. The largest absolute Gasteiger partial charge is 0.394 e. The minimum Gasteiger partial charge on any atom is -0.394 e. The van der Waals surface area contributed by atoms with E-state index in [0.29, 0.717) is 0 Å². The molecule has 0 amide bonds. The van der Waals surface area contributed by atoms with Crippen molar-refractivity contribution in [1.82, 2.24) is 19.5 Å². The Morgan fingerprint density at radius 1 is 1.04 bits per heavy atom. The number of aliphatic hydroxyl groups excluding tert-OH is 5. The fraction of sp³-hybridized carbons (Fsp3) is 0.667. The molecule has 0 unspecified atom stereocenters. The van der Waals surface area contributed by atoms with Crippen molar-refractivity contribution < 1.29 is 40.1 Å². The van der Waals surface area contributed by atoms with Crippen molar-refractivity contribution in [2.45, 2.75) is 48.5 Å². The molecule has 0 saturated carbocycles. The zero-order valence-electron chi connectivity index (χ0n) is 14.5. The van der Waals surface area contributed by atoms with Gasteiger partial charge in [0.15, 0.2) is 23.3 Å². The van der Waals surface area contributed by atoms with Gasteiger partial charge in [0.25, 0.3) is 0 Å². The van der Waals surface area contributed by atoms with E-state index < -0.39 is 61.7 Å². The molecule has 2 aliphatic heterocycles. The lowest BCUT2D eigenvalue weighted by atomic mass is 9.84. The van der Waals surface area contributed by atoms with Gasteiger partial charge in [-0.3, -0.25) is 4.57 Å². The van der Waals surface area contributed by atoms with E-state index in [1.54, 1.807) is 0 Å². The predicted octanol–water partition coefficient (Wildman–Crippen LogP) is -4.13. The molecule has 4 rings (SSSR count). The summed E-state index contributed by atoms with van der Waals surface area (Å²) >= 11 is 0. The second-order valence-corrected chi connectivity index (χ2v) is 6.88. The van der Waals surface area contributed by atoms with E-state index in [1.165, 1.54) is 17.2 Å². The summed E-state index contributed by atoms with van der Waals surface area (Å²) in [5.41, 5.74) is 3.84. The third-order valence-electron chi connectivity index (χ3n) is 5.34. The van der Waals surface area contributed by atoms with Crippen LogP contribution in [0.2, 0.25) is 0 Å². The number of nitrogens with two attached hydrogens (primary N) is 1. The smallest absolute Gasteiger partial charge is 0.171 e. The summed E-state index contributed by atoms with van der Waals surface area (Å²) in [5, 5.41) is 61.4. The zero-order chi connectivity index (χ0) is 20.2. The number of aliphatic hydroxyl groups is 6. The first kappa shape index (κ1) is 19.4. The number of rotatable bonds is 4. The Balaban J connectivity index is 1.82. The second-order valence-electron chi connectivity index (χ2n) is 6.88. The number of anilines is 1. The van der Waals surface area contributed by atoms with Gasteiger partial charge in [-0.2, -0.15) is 0 Å². The molecule has 0 aliphatic carbocycles. The number of hydrogen-bond donors (Lipinski definition) is 7. The van der Waals surface area contributed by atoms with Gasteiger partial charge in [-0.25, -0.2) is 15.0 Å². The van der Waals surface area contributed by atoms with Gasteiger partial charge in [0.05, 0.1) is 19.5 Å². The van der Waals surface area contributed by atoms with E-state index in [-0.39, 0.29) is 17.0 Å². The van der Waals surface area contributed by atoms with E-state index in [2.05, 4.69) is 15.0 Å². The molecule has 28 heavy (non-hydrogen) atoms. The van der Waals surface area contributed by atoms with Crippen molar-refractivity contribution in [1.29, 1.82) is 0 Å². The average Bonchev–Trinajstić information content (AvgIpc) is 3.31. The van der Waals surface area contributed by atoms with E-state index in [0.717, 1.165) is 0 Å². The van der Waals surface area contributed by atoms with Crippen LogP contribution in [0.25, 0.3) is 11.2 Å². The van der Waals surface area contributed by atoms with Gasteiger partial charge in [0.2, 0.25) is 0 Å². The van der Waals surface area contributed by atoms with Gasteiger partial charge in [-0.15, -0.1) is 0 Å². The number of fused-ring (bicyclic) bond motifs is 1. The van der Waals surface area contributed by atoms with Crippen LogP contribution in [0.4, 0.5) is 5.82 Å². The van der Waals surface area contributed by atoms with E-state index in [4.69, 9.17) is 15.2 Å². The maximum atomic E-state index is 11.4.